The molecule has 0 amide bonds. The third-order valence-corrected chi connectivity index (χ3v) is 7.59. The predicted molar refractivity (Wildman–Crippen MR) is 158 cm³/mol. The SMILES string of the molecule is CC(=O)C(C)(C)Cc1c(C(=O)C(C)(C)C)c2cc(OCc3ccc(C)cn3)ccn2c1C(O)c1ccc(Cl)cc1. The van der Waals surface area contributed by atoms with Crippen LogP contribution in [0.15, 0.2) is 60.9 Å². The summed E-state index contributed by atoms with van der Waals surface area (Å²) < 4.78 is 7.94. The summed E-state index contributed by atoms with van der Waals surface area (Å²) in [5.74, 6) is 0.491. The van der Waals surface area contributed by atoms with Crippen molar-refractivity contribution in [2.45, 2.75) is 67.6 Å². The van der Waals surface area contributed by atoms with Gasteiger partial charge in [0.1, 0.15) is 24.2 Å². The van der Waals surface area contributed by atoms with Crippen LogP contribution < -0.4 is 4.74 Å². The number of hydrogen-bond donors (Lipinski definition) is 1. The molecule has 0 aliphatic rings. The summed E-state index contributed by atoms with van der Waals surface area (Å²) in [5.41, 5.74) is 3.32. The van der Waals surface area contributed by atoms with Crippen molar-refractivity contribution in [3.8, 4) is 5.75 Å². The summed E-state index contributed by atoms with van der Waals surface area (Å²) in [4.78, 5) is 31.1. The number of nitrogens with zero attached hydrogens (tertiary/aromatic N) is 2. The number of ketones is 2. The smallest absolute Gasteiger partial charge is 0.170 e. The highest BCUT2D eigenvalue weighted by atomic mass is 35.5. The predicted octanol–water partition coefficient (Wildman–Crippen LogP) is 7.34. The summed E-state index contributed by atoms with van der Waals surface area (Å²) in [5, 5.41) is 12.3. The second-order valence-electron chi connectivity index (χ2n) is 12.1. The van der Waals surface area contributed by atoms with E-state index < -0.39 is 16.9 Å². The van der Waals surface area contributed by atoms with Gasteiger partial charge in [0.2, 0.25) is 0 Å². The van der Waals surface area contributed by atoms with Crippen molar-refractivity contribution in [1.82, 2.24) is 9.38 Å². The Labute approximate surface area is 241 Å². The Morgan fingerprint density at radius 3 is 2.30 bits per heavy atom. The zero-order valence-electron chi connectivity index (χ0n) is 24.2. The third kappa shape index (κ3) is 6.13. The fraction of sp³-hybridized carbons (Fsp3) is 0.364. The van der Waals surface area contributed by atoms with Gasteiger partial charge in [-0.3, -0.25) is 14.6 Å². The van der Waals surface area contributed by atoms with Gasteiger partial charge in [-0.25, -0.2) is 0 Å². The van der Waals surface area contributed by atoms with E-state index in [1.54, 1.807) is 37.4 Å². The van der Waals surface area contributed by atoms with Crippen molar-refractivity contribution in [2.24, 2.45) is 10.8 Å². The number of aryl methyl sites for hydroxylation is 1. The first-order valence-electron chi connectivity index (χ1n) is 13.4. The number of hydrogen-bond acceptors (Lipinski definition) is 5. The number of aliphatic hydroxyl groups excluding tert-OH is 1. The van der Waals surface area contributed by atoms with Crippen LogP contribution in [-0.4, -0.2) is 26.1 Å². The van der Waals surface area contributed by atoms with Crippen molar-refractivity contribution >= 4 is 28.7 Å². The quantitative estimate of drug-likeness (QED) is 0.216. The molecule has 40 heavy (non-hydrogen) atoms. The van der Waals surface area contributed by atoms with E-state index in [1.165, 1.54) is 0 Å². The van der Waals surface area contributed by atoms with E-state index in [9.17, 15) is 14.7 Å². The highest BCUT2D eigenvalue weighted by Gasteiger charge is 2.36. The van der Waals surface area contributed by atoms with E-state index in [4.69, 9.17) is 16.3 Å². The Balaban J connectivity index is 1.94. The summed E-state index contributed by atoms with van der Waals surface area (Å²) in [7, 11) is 0. The number of aliphatic hydroxyl groups is 1. The Bertz CT molecular complexity index is 1540. The zero-order valence-corrected chi connectivity index (χ0v) is 25.0. The molecule has 1 aromatic carbocycles. The second-order valence-corrected chi connectivity index (χ2v) is 12.6. The molecule has 0 saturated carbocycles. The van der Waals surface area contributed by atoms with Gasteiger partial charge in [-0.15, -0.1) is 0 Å². The maximum atomic E-state index is 14.0. The normalized spacial score (nSPS) is 12.9. The number of benzene rings is 1. The molecule has 210 valence electrons. The van der Waals surface area contributed by atoms with Crippen molar-refractivity contribution in [2.75, 3.05) is 0 Å². The van der Waals surface area contributed by atoms with E-state index in [2.05, 4.69) is 4.98 Å². The van der Waals surface area contributed by atoms with Crippen molar-refractivity contribution in [1.29, 1.82) is 0 Å². The van der Waals surface area contributed by atoms with Gasteiger partial charge in [0.25, 0.3) is 0 Å². The van der Waals surface area contributed by atoms with Gasteiger partial charge in [-0.2, -0.15) is 0 Å². The molecule has 0 fully saturated rings. The maximum absolute atomic E-state index is 14.0. The van der Waals surface area contributed by atoms with Gasteiger partial charge in [-0.1, -0.05) is 64.4 Å². The maximum Gasteiger partial charge on any atom is 0.170 e. The molecule has 7 heteroatoms. The molecule has 1 unspecified atom stereocenters. The zero-order chi connectivity index (χ0) is 29.4. The van der Waals surface area contributed by atoms with Crippen LogP contribution in [0.4, 0.5) is 0 Å². The highest BCUT2D eigenvalue weighted by Crippen LogP contribution is 2.40. The third-order valence-electron chi connectivity index (χ3n) is 7.34. The second kappa shape index (κ2) is 11.2. The molecule has 0 spiro atoms. The lowest BCUT2D eigenvalue weighted by Crippen LogP contribution is -2.27. The lowest BCUT2D eigenvalue weighted by molar-refractivity contribution is -0.124. The number of fused-ring (bicyclic) bond motifs is 1. The van der Waals surface area contributed by atoms with E-state index in [1.807, 2.05) is 76.4 Å². The van der Waals surface area contributed by atoms with Crippen LogP contribution in [0.25, 0.3) is 5.52 Å². The Kier molecular flexibility index (Phi) is 8.25. The first-order chi connectivity index (χ1) is 18.7. The minimum absolute atomic E-state index is 0.00142. The van der Waals surface area contributed by atoms with Crippen LogP contribution in [0.5, 0.6) is 5.75 Å². The summed E-state index contributed by atoms with van der Waals surface area (Å²) in [6, 6.07) is 14.5. The monoisotopic (exact) mass is 560 g/mol. The number of ether oxygens (including phenoxy) is 1. The Morgan fingerprint density at radius 1 is 1.05 bits per heavy atom. The van der Waals surface area contributed by atoms with Crippen LogP contribution >= 0.6 is 11.6 Å². The lowest BCUT2D eigenvalue weighted by Gasteiger charge is -2.25. The molecule has 4 rings (SSSR count). The van der Waals surface area contributed by atoms with Gasteiger partial charge >= 0.3 is 0 Å². The molecule has 3 aromatic heterocycles. The Hall–Kier alpha value is -3.48. The van der Waals surface area contributed by atoms with E-state index in [-0.39, 0.29) is 24.6 Å². The number of carbonyl (C=O) groups is 2. The largest absolute Gasteiger partial charge is 0.487 e. The molecule has 0 radical (unpaired) electrons. The first-order valence-corrected chi connectivity index (χ1v) is 13.8. The van der Waals surface area contributed by atoms with E-state index >= 15 is 0 Å². The highest BCUT2D eigenvalue weighted by molar-refractivity contribution is 6.30. The first kappa shape index (κ1) is 29.5. The van der Waals surface area contributed by atoms with Crippen LogP contribution in [0.1, 0.15) is 86.1 Å². The number of halogens is 1. The number of pyridine rings is 2. The van der Waals surface area contributed by atoms with Gasteiger partial charge in [-0.05, 0) is 61.2 Å². The fourth-order valence-electron chi connectivity index (χ4n) is 4.62. The summed E-state index contributed by atoms with van der Waals surface area (Å²) >= 11 is 6.12. The van der Waals surface area contributed by atoms with Gasteiger partial charge in [0.05, 0.1) is 16.9 Å². The number of rotatable bonds is 9. The van der Waals surface area contributed by atoms with Crippen molar-refractivity contribution < 1.29 is 19.4 Å². The number of carbonyl (C=O) groups excluding carboxylic acids is 2. The topological polar surface area (TPSA) is 80.9 Å². The number of Topliss-reactive ketones (excluding diaryl/α,β-unsaturated/α-hetero) is 2. The average molecular weight is 561 g/mol. The Morgan fingerprint density at radius 2 is 1.73 bits per heavy atom. The van der Waals surface area contributed by atoms with Gasteiger partial charge < -0.3 is 14.2 Å². The van der Waals surface area contributed by atoms with Crippen molar-refractivity contribution in [3.63, 3.8) is 0 Å². The summed E-state index contributed by atoms with van der Waals surface area (Å²) in [6.45, 7) is 13.2. The summed E-state index contributed by atoms with van der Waals surface area (Å²) in [6.07, 6.45) is 2.83. The minimum atomic E-state index is -1.06. The number of aromatic nitrogens is 2. The molecule has 1 N–H and O–H groups in total. The van der Waals surface area contributed by atoms with Crippen molar-refractivity contribution in [3.05, 3.63) is 99.6 Å². The van der Waals surface area contributed by atoms with Crippen LogP contribution in [0, 0.1) is 17.8 Å². The molecule has 3 heterocycles. The van der Waals surface area contributed by atoms with Gasteiger partial charge in [0, 0.05) is 39.9 Å². The molecule has 4 aromatic rings. The molecule has 0 aliphatic heterocycles. The average Bonchev–Trinajstić information content (AvgIpc) is 3.19. The van der Waals surface area contributed by atoms with Crippen LogP contribution in [0.3, 0.4) is 0 Å². The molecular formula is C33H37ClN2O4. The fourth-order valence-corrected chi connectivity index (χ4v) is 4.74. The minimum Gasteiger partial charge on any atom is -0.487 e. The molecular weight excluding hydrogens is 524 g/mol. The molecule has 1 atom stereocenters. The van der Waals surface area contributed by atoms with E-state index in [0.29, 0.717) is 38.7 Å². The standard InChI is InChI=1S/C33H37ClN2O4/c1-20-8-13-24(35-18-20)19-40-25-14-15-36-27(16-25)28(31(39)32(3,4)5)26(17-33(6,7)21(2)37)29(36)30(38)22-9-11-23(34)12-10-22/h8-16,18,30,38H,17,19H2,1-7H3. The van der Waals surface area contributed by atoms with E-state index in [0.717, 1.165) is 11.3 Å². The van der Waals surface area contributed by atoms with Gasteiger partial charge in [0.15, 0.2) is 5.78 Å². The molecule has 6 nitrogen and oxygen atoms in total. The van der Waals surface area contributed by atoms with Crippen LogP contribution in [0.2, 0.25) is 5.02 Å². The molecule has 0 bridgehead atoms. The lowest BCUT2D eigenvalue weighted by atomic mass is 9.77. The molecule has 0 saturated heterocycles. The van der Waals surface area contributed by atoms with Crippen LogP contribution in [-0.2, 0) is 17.8 Å². The molecule has 0 aliphatic carbocycles.